The average molecular weight is 181 g/mol. The Morgan fingerprint density at radius 2 is 2.00 bits per heavy atom. The van der Waals surface area contributed by atoms with Crippen molar-refractivity contribution in [3.8, 4) is 0 Å². The molecule has 0 spiro atoms. The molecule has 7 heteroatoms. The lowest BCUT2D eigenvalue weighted by Crippen LogP contribution is -2.32. The zero-order chi connectivity index (χ0) is 8.70. The van der Waals surface area contributed by atoms with Crippen molar-refractivity contribution >= 4 is 16.3 Å². The number of carbonyl (C=O) groups is 1. The Bertz CT molecular complexity index is 277. The van der Waals surface area contributed by atoms with Gasteiger partial charge in [0.05, 0.1) is 0 Å². The van der Waals surface area contributed by atoms with Gasteiger partial charge in [-0.3, -0.25) is 0 Å². The van der Waals surface area contributed by atoms with Crippen molar-refractivity contribution in [1.29, 1.82) is 0 Å². The molecule has 3 N–H and O–H groups in total. The van der Waals surface area contributed by atoms with E-state index in [2.05, 4.69) is 9.32 Å². The molecule has 0 saturated heterocycles. The number of carboxylic acids is 1. The Morgan fingerprint density at radius 3 is 2.09 bits per heavy atom. The summed E-state index contributed by atoms with van der Waals surface area (Å²) in [6.45, 7) is 0. The molecular formula is C4H7NO5S. The van der Waals surface area contributed by atoms with Crippen molar-refractivity contribution in [1.82, 2.24) is 0 Å². The van der Waals surface area contributed by atoms with Gasteiger partial charge in [-0.25, -0.2) is 14.1 Å². The first-order valence-electron chi connectivity index (χ1n) is 2.82. The highest BCUT2D eigenvalue weighted by Crippen LogP contribution is 2.40. The minimum absolute atomic E-state index is 0.193. The highest BCUT2D eigenvalue weighted by atomic mass is 32.2. The summed E-state index contributed by atoms with van der Waals surface area (Å²) in [4.78, 5) is 10.3. The molecule has 64 valence electrons. The topological polar surface area (TPSA) is 107 Å². The van der Waals surface area contributed by atoms with Crippen LogP contribution in [0.5, 0.6) is 0 Å². The van der Waals surface area contributed by atoms with Gasteiger partial charge in [-0.15, -0.1) is 0 Å². The fourth-order valence-corrected chi connectivity index (χ4v) is 1.35. The van der Waals surface area contributed by atoms with Gasteiger partial charge in [0.2, 0.25) is 0 Å². The Hall–Kier alpha value is -0.660. The number of nitrogens with two attached hydrogens (primary N) is 1. The molecule has 0 aromatic carbocycles. The molecule has 6 nitrogen and oxygen atoms in total. The molecule has 0 heterocycles. The minimum Gasteiger partial charge on any atom is -0.479 e. The lowest BCUT2D eigenvalue weighted by molar-refractivity contribution is -0.147. The summed E-state index contributed by atoms with van der Waals surface area (Å²) >= 11 is 0. The van der Waals surface area contributed by atoms with Gasteiger partial charge < -0.3 is 5.11 Å². The van der Waals surface area contributed by atoms with Crippen molar-refractivity contribution in [2.24, 2.45) is 5.14 Å². The zero-order valence-corrected chi connectivity index (χ0v) is 6.30. The summed E-state index contributed by atoms with van der Waals surface area (Å²) in [7, 11) is -4.15. The summed E-state index contributed by atoms with van der Waals surface area (Å²) in [5.41, 5.74) is -1.56. The summed E-state index contributed by atoms with van der Waals surface area (Å²) in [6, 6.07) is 0. The van der Waals surface area contributed by atoms with E-state index in [1.54, 1.807) is 0 Å². The van der Waals surface area contributed by atoms with Gasteiger partial charge in [-0.1, -0.05) is 0 Å². The van der Waals surface area contributed by atoms with Crippen LogP contribution in [0.15, 0.2) is 0 Å². The Kier molecular flexibility index (Phi) is 1.66. The minimum atomic E-state index is -4.15. The van der Waals surface area contributed by atoms with Crippen LogP contribution in [0.25, 0.3) is 0 Å². The van der Waals surface area contributed by atoms with Crippen molar-refractivity contribution in [2.75, 3.05) is 0 Å². The molecule has 0 amide bonds. The third-order valence-corrected chi connectivity index (χ3v) is 1.92. The van der Waals surface area contributed by atoms with Gasteiger partial charge in [0.1, 0.15) is 0 Å². The summed E-state index contributed by atoms with van der Waals surface area (Å²) in [5.74, 6) is -1.29. The monoisotopic (exact) mass is 181 g/mol. The number of hydrogen-bond acceptors (Lipinski definition) is 4. The van der Waals surface area contributed by atoms with Crippen LogP contribution in [0, 0.1) is 0 Å². The highest BCUT2D eigenvalue weighted by Gasteiger charge is 2.55. The molecule has 0 radical (unpaired) electrons. The molecular weight excluding hydrogens is 174 g/mol. The first-order chi connectivity index (χ1) is 4.86. The first kappa shape index (κ1) is 8.44. The van der Waals surface area contributed by atoms with E-state index in [0.29, 0.717) is 0 Å². The second-order valence-electron chi connectivity index (χ2n) is 2.38. The Labute approximate surface area is 63.2 Å². The van der Waals surface area contributed by atoms with Crippen molar-refractivity contribution in [3.63, 3.8) is 0 Å². The molecule has 0 bridgehead atoms. The predicted molar refractivity (Wildman–Crippen MR) is 33.8 cm³/mol. The van der Waals surface area contributed by atoms with Crippen LogP contribution >= 0.6 is 0 Å². The average Bonchev–Trinajstić information content (AvgIpc) is 2.43. The molecule has 11 heavy (non-hydrogen) atoms. The summed E-state index contributed by atoms with van der Waals surface area (Å²) < 4.78 is 24.7. The maximum atomic E-state index is 10.3. The normalized spacial score (nSPS) is 21.2. The first-order valence-corrected chi connectivity index (χ1v) is 4.30. The third kappa shape index (κ3) is 1.88. The molecule has 0 aromatic rings. The molecule has 0 aromatic heterocycles. The van der Waals surface area contributed by atoms with Crippen molar-refractivity contribution in [3.05, 3.63) is 0 Å². The van der Waals surface area contributed by atoms with E-state index in [4.69, 9.17) is 5.11 Å². The smallest absolute Gasteiger partial charge is 0.337 e. The van der Waals surface area contributed by atoms with Gasteiger partial charge in [0.25, 0.3) is 0 Å². The molecule has 1 saturated carbocycles. The van der Waals surface area contributed by atoms with Gasteiger partial charge in [0, 0.05) is 0 Å². The van der Waals surface area contributed by atoms with Gasteiger partial charge in [0.15, 0.2) is 5.60 Å². The quantitative estimate of drug-likeness (QED) is 0.570. The largest absolute Gasteiger partial charge is 0.479 e. The summed E-state index contributed by atoms with van der Waals surface area (Å²) in [5, 5.41) is 12.9. The highest BCUT2D eigenvalue weighted by molar-refractivity contribution is 7.84. The number of carboxylic acid groups (broad SMARTS) is 1. The number of hydrogen-bond donors (Lipinski definition) is 2. The van der Waals surface area contributed by atoms with Gasteiger partial charge in [-0.2, -0.15) is 8.42 Å². The molecule has 0 unspecified atom stereocenters. The van der Waals surface area contributed by atoms with Gasteiger partial charge >= 0.3 is 16.3 Å². The van der Waals surface area contributed by atoms with Crippen LogP contribution in [-0.2, 0) is 19.3 Å². The zero-order valence-electron chi connectivity index (χ0n) is 5.48. The maximum Gasteiger partial charge on any atom is 0.337 e. The Morgan fingerprint density at radius 1 is 1.55 bits per heavy atom. The fourth-order valence-electron chi connectivity index (χ4n) is 0.669. The lowest BCUT2D eigenvalue weighted by atomic mass is 10.4. The fraction of sp³-hybridized carbons (Fsp3) is 0.750. The number of rotatable bonds is 3. The molecule has 1 fully saturated rings. The van der Waals surface area contributed by atoms with Crippen LogP contribution in [0.2, 0.25) is 0 Å². The van der Waals surface area contributed by atoms with E-state index in [9.17, 15) is 13.2 Å². The molecule has 0 atom stereocenters. The van der Waals surface area contributed by atoms with Crippen molar-refractivity contribution in [2.45, 2.75) is 18.4 Å². The number of aliphatic carboxylic acids is 1. The van der Waals surface area contributed by atoms with Crippen LogP contribution in [-0.4, -0.2) is 25.1 Å². The standard InChI is InChI=1S/C4H7NO5S/c5-11(8,9)10-4(1-2-4)3(6)7/h1-2H2,(H,6,7)(H2,5,8,9). The lowest BCUT2D eigenvalue weighted by Gasteiger charge is -2.06. The van der Waals surface area contributed by atoms with Crippen LogP contribution < -0.4 is 5.14 Å². The molecule has 0 aliphatic heterocycles. The molecule has 1 aliphatic carbocycles. The second-order valence-corrected chi connectivity index (χ2v) is 3.53. The van der Waals surface area contributed by atoms with Crippen LogP contribution in [0.4, 0.5) is 0 Å². The van der Waals surface area contributed by atoms with E-state index >= 15 is 0 Å². The van der Waals surface area contributed by atoms with Crippen LogP contribution in [0.1, 0.15) is 12.8 Å². The third-order valence-electron chi connectivity index (χ3n) is 1.37. The molecule has 1 aliphatic rings. The Balaban J connectivity index is 2.70. The SMILES string of the molecule is NS(=O)(=O)OC1(C(=O)O)CC1. The van der Waals surface area contributed by atoms with Crippen molar-refractivity contribution < 1.29 is 22.5 Å². The predicted octanol–water partition coefficient (Wildman–Crippen LogP) is -1.18. The van der Waals surface area contributed by atoms with E-state index < -0.39 is 21.9 Å². The summed E-state index contributed by atoms with van der Waals surface area (Å²) in [6.07, 6.45) is 0.386. The van der Waals surface area contributed by atoms with Gasteiger partial charge in [-0.05, 0) is 12.8 Å². The molecule has 1 rings (SSSR count). The van der Waals surface area contributed by atoms with E-state index in [1.165, 1.54) is 0 Å². The van der Waals surface area contributed by atoms with Crippen LogP contribution in [0.3, 0.4) is 0 Å². The van der Waals surface area contributed by atoms with E-state index in [1.807, 2.05) is 0 Å². The maximum absolute atomic E-state index is 10.3. The van der Waals surface area contributed by atoms with E-state index in [0.717, 1.165) is 0 Å². The van der Waals surface area contributed by atoms with E-state index in [-0.39, 0.29) is 12.8 Å². The second kappa shape index (κ2) is 2.16.